The Labute approximate surface area is 139 Å². The van der Waals surface area contributed by atoms with E-state index in [4.69, 9.17) is 0 Å². The SMILES string of the molecule is Cc1ccccc1Cn1cnc2sc3c(c2c1=O)CC[C@H](C)C3. The molecule has 118 valence electrons. The normalized spacial score (nSPS) is 17.4. The average molecular weight is 324 g/mol. The van der Waals surface area contributed by atoms with E-state index in [1.165, 1.54) is 28.0 Å². The molecule has 1 aliphatic carbocycles. The summed E-state index contributed by atoms with van der Waals surface area (Å²) in [7, 11) is 0. The molecule has 0 fully saturated rings. The van der Waals surface area contributed by atoms with Crippen molar-refractivity contribution < 1.29 is 0 Å². The Bertz CT molecular complexity index is 938. The van der Waals surface area contributed by atoms with Crippen LogP contribution in [-0.2, 0) is 19.4 Å². The highest BCUT2D eigenvalue weighted by atomic mass is 32.1. The number of benzene rings is 1. The van der Waals surface area contributed by atoms with Crippen molar-refractivity contribution >= 4 is 21.6 Å². The van der Waals surface area contributed by atoms with E-state index in [0.717, 1.165) is 23.1 Å². The van der Waals surface area contributed by atoms with E-state index >= 15 is 0 Å². The van der Waals surface area contributed by atoms with Gasteiger partial charge >= 0.3 is 0 Å². The number of aromatic nitrogens is 2. The molecule has 23 heavy (non-hydrogen) atoms. The van der Waals surface area contributed by atoms with E-state index in [9.17, 15) is 4.79 Å². The van der Waals surface area contributed by atoms with Crippen molar-refractivity contribution in [3.63, 3.8) is 0 Å². The van der Waals surface area contributed by atoms with Crippen molar-refractivity contribution in [1.29, 1.82) is 0 Å². The third kappa shape index (κ3) is 2.51. The first-order valence-electron chi connectivity index (χ1n) is 8.17. The molecule has 0 saturated heterocycles. The standard InChI is InChI=1S/C19H20N2OS/c1-12-7-8-15-16(9-12)23-18-17(15)19(22)21(11-20-18)10-14-6-4-3-5-13(14)2/h3-6,11-12H,7-10H2,1-2H3/t12-/m0/s1. The third-order valence-electron chi connectivity index (χ3n) is 4.88. The lowest BCUT2D eigenvalue weighted by Crippen LogP contribution is -2.22. The summed E-state index contributed by atoms with van der Waals surface area (Å²) >= 11 is 1.71. The van der Waals surface area contributed by atoms with Gasteiger partial charge in [0.25, 0.3) is 5.56 Å². The van der Waals surface area contributed by atoms with E-state index in [0.29, 0.717) is 12.5 Å². The first kappa shape index (κ1) is 14.6. The summed E-state index contributed by atoms with van der Waals surface area (Å²) in [5.74, 6) is 0.713. The van der Waals surface area contributed by atoms with Gasteiger partial charge in [-0.1, -0.05) is 31.2 Å². The van der Waals surface area contributed by atoms with Gasteiger partial charge < -0.3 is 0 Å². The van der Waals surface area contributed by atoms with Gasteiger partial charge in [-0.25, -0.2) is 4.98 Å². The Hall–Kier alpha value is -1.94. The molecule has 0 N–H and O–H groups in total. The number of rotatable bonds is 2. The molecule has 2 aromatic heterocycles. The van der Waals surface area contributed by atoms with Gasteiger partial charge in [-0.05, 0) is 48.8 Å². The molecule has 0 saturated carbocycles. The quantitative estimate of drug-likeness (QED) is 0.715. The Morgan fingerprint density at radius 3 is 3.00 bits per heavy atom. The molecule has 0 unspecified atom stereocenters. The Morgan fingerprint density at radius 2 is 2.17 bits per heavy atom. The van der Waals surface area contributed by atoms with Gasteiger partial charge in [0, 0.05) is 4.88 Å². The summed E-state index contributed by atoms with van der Waals surface area (Å²) < 4.78 is 1.76. The molecule has 0 radical (unpaired) electrons. The predicted octanol–water partition coefficient (Wildman–Crippen LogP) is 3.94. The zero-order valence-electron chi connectivity index (χ0n) is 13.5. The topological polar surface area (TPSA) is 34.9 Å². The van der Waals surface area contributed by atoms with Crippen molar-refractivity contribution in [3.8, 4) is 0 Å². The van der Waals surface area contributed by atoms with Crippen LogP contribution >= 0.6 is 11.3 Å². The fourth-order valence-corrected chi connectivity index (χ4v) is 4.79. The number of hydrogen-bond donors (Lipinski definition) is 0. The summed E-state index contributed by atoms with van der Waals surface area (Å²) in [6, 6.07) is 8.21. The van der Waals surface area contributed by atoms with Crippen molar-refractivity contribution in [2.75, 3.05) is 0 Å². The lowest BCUT2D eigenvalue weighted by Gasteiger charge is -2.17. The molecule has 0 amide bonds. The second-order valence-corrected chi connectivity index (χ2v) is 7.72. The maximum Gasteiger partial charge on any atom is 0.262 e. The number of aryl methyl sites for hydroxylation is 2. The Morgan fingerprint density at radius 1 is 1.35 bits per heavy atom. The zero-order chi connectivity index (χ0) is 16.0. The van der Waals surface area contributed by atoms with Crippen LogP contribution in [0.1, 0.15) is 34.9 Å². The third-order valence-corrected chi connectivity index (χ3v) is 6.05. The largest absolute Gasteiger partial charge is 0.294 e. The molecule has 3 aromatic rings. The van der Waals surface area contributed by atoms with Gasteiger partial charge in [-0.2, -0.15) is 0 Å². The fourth-order valence-electron chi connectivity index (χ4n) is 3.45. The molecular formula is C19H20N2OS. The highest BCUT2D eigenvalue weighted by Gasteiger charge is 2.23. The van der Waals surface area contributed by atoms with Gasteiger partial charge in [0.15, 0.2) is 0 Å². The second kappa shape index (κ2) is 5.60. The average Bonchev–Trinajstić information content (AvgIpc) is 2.90. The molecule has 1 atom stereocenters. The highest BCUT2D eigenvalue weighted by molar-refractivity contribution is 7.18. The first-order valence-corrected chi connectivity index (χ1v) is 8.99. The van der Waals surface area contributed by atoms with Gasteiger partial charge in [-0.15, -0.1) is 11.3 Å². The first-order chi connectivity index (χ1) is 11.1. The monoisotopic (exact) mass is 324 g/mol. The molecule has 0 aliphatic heterocycles. The van der Waals surface area contributed by atoms with Crippen LogP contribution in [0.3, 0.4) is 0 Å². The van der Waals surface area contributed by atoms with Crippen LogP contribution in [0.15, 0.2) is 35.4 Å². The van der Waals surface area contributed by atoms with Crippen LogP contribution in [0.4, 0.5) is 0 Å². The van der Waals surface area contributed by atoms with E-state index < -0.39 is 0 Å². The highest BCUT2D eigenvalue weighted by Crippen LogP contribution is 2.35. The van der Waals surface area contributed by atoms with Crippen LogP contribution in [0.5, 0.6) is 0 Å². The molecule has 0 bridgehead atoms. The Balaban J connectivity index is 1.82. The smallest absolute Gasteiger partial charge is 0.262 e. The summed E-state index contributed by atoms with van der Waals surface area (Å²) in [6.45, 7) is 4.97. The van der Waals surface area contributed by atoms with Gasteiger partial charge in [0.05, 0.1) is 18.3 Å². The minimum atomic E-state index is 0.116. The Kier molecular flexibility index (Phi) is 3.57. The van der Waals surface area contributed by atoms with E-state index in [1.54, 1.807) is 22.2 Å². The lowest BCUT2D eigenvalue weighted by molar-refractivity contribution is 0.509. The molecular weight excluding hydrogens is 304 g/mol. The molecule has 1 aromatic carbocycles. The van der Waals surface area contributed by atoms with E-state index in [-0.39, 0.29) is 5.56 Å². The zero-order valence-corrected chi connectivity index (χ0v) is 14.3. The van der Waals surface area contributed by atoms with Crippen LogP contribution in [0.2, 0.25) is 0 Å². The summed E-state index contributed by atoms with van der Waals surface area (Å²) in [5, 5.41) is 0.869. The van der Waals surface area contributed by atoms with Crippen molar-refractivity contribution in [3.05, 3.63) is 62.5 Å². The molecule has 1 aliphatic rings. The predicted molar refractivity (Wildman–Crippen MR) is 95.4 cm³/mol. The van der Waals surface area contributed by atoms with Gasteiger partial charge in [-0.3, -0.25) is 9.36 Å². The lowest BCUT2D eigenvalue weighted by atomic mass is 9.89. The fraction of sp³-hybridized carbons (Fsp3) is 0.368. The van der Waals surface area contributed by atoms with Crippen LogP contribution < -0.4 is 5.56 Å². The molecule has 0 spiro atoms. The summed E-state index contributed by atoms with van der Waals surface area (Å²) in [6.07, 6.45) is 4.99. The van der Waals surface area contributed by atoms with E-state index in [1.807, 2.05) is 12.1 Å². The van der Waals surface area contributed by atoms with Crippen LogP contribution in [0.25, 0.3) is 10.2 Å². The maximum absolute atomic E-state index is 13.0. The van der Waals surface area contributed by atoms with Gasteiger partial charge in [0.2, 0.25) is 0 Å². The van der Waals surface area contributed by atoms with Crippen molar-refractivity contribution in [2.45, 2.75) is 39.7 Å². The summed E-state index contributed by atoms with van der Waals surface area (Å²) in [4.78, 5) is 19.9. The minimum Gasteiger partial charge on any atom is -0.294 e. The molecule has 2 heterocycles. The summed E-state index contributed by atoms with van der Waals surface area (Å²) in [5.41, 5.74) is 3.76. The van der Waals surface area contributed by atoms with Crippen LogP contribution in [0, 0.1) is 12.8 Å². The molecule has 4 heteroatoms. The van der Waals surface area contributed by atoms with Crippen molar-refractivity contribution in [1.82, 2.24) is 9.55 Å². The number of hydrogen-bond acceptors (Lipinski definition) is 3. The number of fused-ring (bicyclic) bond motifs is 3. The molecule has 3 nitrogen and oxygen atoms in total. The van der Waals surface area contributed by atoms with Gasteiger partial charge in [0.1, 0.15) is 4.83 Å². The van der Waals surface area contributed by atoms with E-state index in [2.05, 4.69) is 31.0 Å². The number of nitrogens with zero attached hydrogens (tertiary/aromatic N) is 2. The molecule has 4 rings (SSSR count). The minimum absolute atomic E-state index is 0.116. The van der Waals surface area contributed by atoms with Crippen molar-refractivity contribution in [2.24, 2.45) is 5.92 Å². The second-order valence-electron chi connectivity index (χ2n) is 6.64. The number of thiophene rings is 1. The van der Waals surface area contributed by atoms with Crippen LogP contribution in [-0.4, -0.2) is 9.55 Å². The maximum atomic E-state index is 13.0.